The van der Waals surface area contributed by atoms with Gasteiger partial charge in [-0.1, -0.05) is 26.0 Å². The Morgan fingerprint density at radius 3 is 2.33 bits per heavy atom. The van der Waals surface area contributed by atoms with Crippen LogP contribution < -0.4 is 0 Å². The van der Waals surface area contributed by atoms with E-state index in [0.29, 0.717) is 0 Å². The van der Waals surface area contributed by atoms with E-state index < -0.39 is 0 Å². The molecule has 0 saturated carbocycles. The Hall–Kier alpha value is -1.31. The molecule has 66 valence electrons. The number of aromatic hydroxyl groups is 1. The lowest BCUT2D eigenvalue weighted by molar-refractivity contribution is 0.474. The SMILES string of the molecule is CC.CN=Cc1ccccc1O. The third kappa shape index (κ3) is 3.19. The van der Waals surface area contributed by atoms with Crippen molar-refractivity contribution in [1.82, 2.24) is 0 Å². The minimum atomic E-state index is 0.271. The summed E-state index contributed by atoms with van der Waals surface area (Å²) in [5, 5.41) is 9.15. The number of phenols is 1. The van der Waals surface area contributed by atoms with Crippen molar-refractivity contribution in [2.75, 3.05) is 7.05 Å². The van der Waals surface area contributed by atoms with Crippen molar-refractivity contribution < 1.29 is 5.11 Å². The molecule has 0 unspecified atom stereocenters. The molecule has 1 N–H and O–H groups in total. The molecule has 0 aliphatic rings. The highest BCUT2D eigenvalue weighted by Gasteiger charge is 1.91. The fourth-order valence-corrected chi connectivity index (χ4v) is 0.736. The van der Waals surface area contributed by atoms with Crippen molar-refractivity contribution in [2.45, 2.75) is 13.8 Å². The van der Waals surface area contributed by atoms with Crippen molar-refractivity contribution in [3.05, 3.63) is 29.8 Å². The van der Waals surface area contributed by atoms with E-state index in [2.05, 4.69) is 4.99 Å². The van der Waals surface area contributed by atoms with Crippen molar-refractivity contribution >= 4 is 6.21 Å². The molecule has 0 heterocycles. The van der Waals surface area contributed by atoms with Gasteiger partial charge in [-0.15, -0.1) is 0 Å². The van der Waals surface area contributed by atoms with Crippen molar-refractivity contribution in [1.29, 1.82) is 0 Å². The second kappa shape index (κ2) is 6.40. The fraction of sp³-hybridized carbons (Fsp3) is 0.300. The molecule has 0 saturated heterocycles. The summed E-state index contributed by atoms with van der Waals surface area (Å²) >= 11 is 0. The second-order valence-corrected chi connectivity index (χ2v) is 1.95. The van der Waals surface area contributed by atoms with Crippen molar-refractivity contribution in [2.24, 2.45) is 4.99 Å². The van der Waals surface area contributed by atoms with Gasteiger partial charge >= 0.3 is 0 Å². The minimum Gasteiger partial charge on any atom is -0.507 e. The maximum Gasteiger partial charge on any atom is 0.124 e. The molecule has 0 atom stereocenters. The van der Waals surface area contributed by atoms with E-state index in [1.165, 1.54) is 0 Å². The molecule has 0 aromatic heterocycles. The highest BCUT2D eigenvalue weighted by Crippen LogP contribution is 2.12. The number of benzene rings is 1. The standard InChI is InChI=1S/C8H9NO.C2H6/c1-9-6-7-4-2-3-5-8(7)10;1-2/h2-6,10H,1H3;1-2H3. The number of phenolic OH excluding ortho intramolecular Hbond substituents is 1. The number of para-hydroxylation sites is 1. The lowest BCUT2D eigenvalue weighted by Gasteiger charge is -1.94. The first-order valence-corrected chi connectivity index (χ1v) is 4.05. The van der Waals surface area contributed by atoms with Crippen molar-refractivity contribution in [3.63, 3.8) is 0 Å². The van der Waals surface area contributed by atoms with Gasteiger partial charge in [0.2, 0.25) is 0 Å². The third-order valence-electron chi connectivity index (χ3n) is 1.20. The quantitative estimate of drug-likeness (QED) is 0.637. The number of rotatable bonds is 1. The number of hydrogen-bond acceptors (Lipinski definition) is 2. The van der Waals surface area contributed by atoms with Gasteiger partial charge in [-0.05, 0) is 12.1 Å². The summed E-state index contributed by atoms with van der Waals surface area (Å²) in [6, 6.07) is 7.08. The average Bonchev–Trinajstić information content (AvgIpc) is 2.13. The van der Waals surface area contributed by atoms with Crippen LogP contribution in [0.4, 0.5) is 0 Å². The van der Waals surface area contributed by atoms with E-state index in [9.17, 15) is 0 Å². The van der Waals surface area contributed by atoms with Gasteiger partial charge in [-0.25, -0.2) is 0 Å². The maximum absolute atomic E-state index is 9.15. The first kappa shape index (κ1) is 10.7. The van der Waals surface area contributed by atoms with Crippen LogP contribution in [0.5, 0.6) is 5.75 Å². The smallest absolute Gasteiger partial charge is 0.124 e. The molecule has 0 fully saturated rings. The zero-order chi connectivity index (χ0) is 9.40. The van der Waals surface area contributed by atoms with Crippen LogP contribution >= 0.6 is 0 Å². The Balaban J connectivity index is 0.000000561. The molecular weight excluding hydrogens is 150 g/mol. The highest BCUT2D eigenvalue weighted by molar-refractivity contribution is 5.82. The van der Waals surface area contributed by atoms with Crippen LogP contribution in [0.1, 0.15) is 19.4 Å². The molecule has 1 rings (SSSR count). The van der Waals surface area contributed by atoms with Crippen LogP contribution in [0, 0.1) is 0 Å². The van der Waals surface area contributed by atoms with E-state index in [0.717, 1.165) is 5.56 Å². The van der Waals surface area contributed by atoms with Gasteiger partial charge in [0.15, 0.2) is 0 Å². The van der Waals surface area contributed by atoms with E-state index in [4.69, 9.17) is 5.11 Å². The van der Waals surface area contributed by atoms with Gasteiger partial charge in [-0.2, -0.15) is 0 Å². The summed E-state index contributed by atoms with van der Waals surface area (Å²) in [6.07, 6.45) is 1.62. The van der Waals surface area contributed by atoms with Gasteiger partial charge < -0.3 is 5.11 Å². The summed E-state index contributed by atoms with van der Waals surface area (Å²) in [5.41, 5.74) is 0.755. The third-order valence-corrected chi connectivity index (χ3v) is 1.20. The maximum atomic E-state index is 9.15. The molecule has 1 aromatic rings. The topological polar surface area (TPSA) is 32.6 Å². The summed E-state index contributed by atoms with van der Waals surface area (Å²) < 4.78 is 0. The largest absolute Gasteiger partial charge is 0.507 e. The summed E-state index contributed by atoms with van der Waals surface area (Å²) in [5.74, 6) is 0.271. The minimum absolute atomic E-state index is 0.271. The first-order chi connectivity index (χ1) is 5.84. The summed E-state index contributed by atoms with van der Waals surface area (Å²) in [6.45, 7) is 4.00. The Labute approximate surface area is 73.6 Å². The zero-order valence-corrected chi connectivity index (χ0v) is 7.78. The van der Waals surface area contributed by atoms with Crippen LogP contribution in [0.2, 0.25) is 0 Å². The molecule has 0 aliphatic heterocycles. The van der Waals surface area contributed by atoms with Crippen LogP contribution in [-0.4, -0.2) is 18.4 Å². The molecule has 2 heteroatoms. The molecule has 1 aromatic carbocycles. The monoisotopic (exact) mass is 165 g/mol. The van der Waals surface area contributed by atoms with Crippen LogP contribution in [0.15, 0.2) is 29.3 Å². The lowest BCUT2D eigenvalue weighted by Crippen LogP contribution is -1.79. The average molecular weight is 165 g/mol. The second-order valence-electron chi connectivity index (χ2n) is 1.95. The molecule has 0 radical (unpaired) electrons. The summed E-state index contributed by atoms with van der Waals surface area (Å²) in [4.78, 5) is 3.78. The molecule has 0 bridgehead atoms. The predicted molar refractivity (Wildman–Crippen MR) is 53.0 cm³/mol. The lowest BCUT2D eigenvalue weighted by atomic mass is 10.2. The molecule has 0 spiro atoms. The summed E-state index contributed by atoms with van der Waals surface area (Å²) in [7, 11) is 1.67. The van der Waals surface area contributed by atoms with Crippen LogP contribution in [-0.2, 0) is 0 Å². The molecular formula is C10H15NO. The number of nitrogens with zero attached hydrogens (tertiary/aromatic N) is 1. The zero-order valence-electron chi connectivity index (χ0n) is 7.78. The molecule has 0 aliphatic carbocycles. The van der Waals surface area contributed by atoms with Crippen LogP contribution in [0.25, 0.3) is 0 Å². The Kier molecular flexibility index (Phi) is 5.70. The van der Waals surface area contributed by atoms with E-state index in [-0.39, 0.29) is 5.75 Å². The van der Waals surface area contributed by atoms with Gasteiger partial charge in [0, 0.05) is 18.8 Å². The Morgan fingerprint density at radius 2 is 1.83 bits per heavy atom. The number of aliphatic imine (C=N–C) groups is 1. The van der Waals surface area contributed by atoms with Crippen LogP contribution in [0.3, 0.4) is 0 Å². The molecule has 12 heavy (non-hydrogen) atoms. The highest BCUT2D eigenvalue weighted by atomic mass is 16.3. The van der Waals surface area contributed by atoms with E-state index in [1.807, 2.05) is 26.0 Å². The normalized spacial score (nSPS) is 9.25. The van der Waals surface area contributed by atoms with Gasteiger partial charge in [-0.3, -0.25) is 4.99 Å². The molecule has 0 amide bonds. The van der Waals surface area contributed by atoms with E-state index >= 15 is 0 Å². The fourth-order valence-electron chi connectivity index (χ4n) is 0.736. The molecule has 2 nitrogen and oxygen atoms in total. The Morgan fingerprint density at radius 1 is 1.25 bits per heavy atom. The predicted octanol–water partition coefficient (Wildman–Crippen LogP) is 2.47. The van der Waals surface area contributed by atoms with E-state index in [1.54, 1.807) is 25.4 Å². The Bertz CT molecular complexity index is 243. The van der Waals surface area contributed by atoms with Gasteiger partial charge in [0.25, 0.3) is 0 Å². The first-order valence-electron chi connectivity index (χ1n) is 4.05. The van der Waals surface area contributed by atoms with Gasteiger partial charge in [0.05, 0.1) is 0 Å². The number of hydrogen-bond donors (Lipinski definition) is 1. The van der Waals surface area contributed by atoms with Gasteiger partial charge in [0.1, 0.15) is 5.75 Å². The van der Waals surface area contributed by atoms with Crippen molar-refractivity contribution in [3.8, 4) is 5.75 Å².